The van der Waals surface area contributed by atoms with Crippen LogP contribution in [0.2, 0.25) is 0 Å². The van der Waals surface area contributed by atoms with Crippen molar-refractivity contribution in [1.29, 1.82) is 0 Å². The fraction of sp³-hybridized carbons (Fsp3) is 0.417. The van der Waals surface area contributed by atoms with Crippen LogP contribution in [0.15, 0.2) is 18.2 Å². The quantitative estimate of drug-likeness (QED) is 0.806. The normalized spacial score (nSPS) is 13.3. The number of amides is 1. The topological polar surface area (TPSA) is 103 Å². The van der Waals surface area contributed by atoms with Crippen LogP contribution in [0.5, 0.6) is 0 Å². The van der Waals surface area contributed by atoms with Crippen LogP contribution in [0.4, 0.5) is 0 Å². The molecule has 0 aromatic heterocycles. The van der Waals surface area contributed by atoms with Gasteiger partial charge in [-0.25, -0.2) is 8.42 Å². The average Bonchev–Trinajstić information content (AvgIpc) is 2.18. The monoisotopic (exact) mass is 270 g/mol. The van der Waals surface area contributed by atoms with Gasteiger partial charge in [-0.3, -0.25) is 4.79 Å². The summed E-state index contributed by atoms with van der Waals surface area (Å²) in [4.78, 5) is 11.0. The van der Waals surface area contributed by atoms with E-state index in [9.17, 15) is 13.2 Å². The number of rotatable bonds is 5. The first-order valence-corrected chi connectivity index (χ1v) is 7.39. The lowest BCUT2D eigenvalue weighted by atomic mass is 10.1. The highest BCUT2D eigenvalue weighted by atomic mass is 32.2. The van der Waals surface area contributed by atoms with E-state index in [1.807, 2.05) is 0 Å². The molecule has 1 rings (SSSR count). The van der Waals surface area contributed by atoms with E-state index in [0.717, 1.165) is 5.56 Å². The Kier molecular flexibility index (Phi) is 4.48. The second-order valence-electron chi connectivity index (χ2n) is 4.54. The van der Waals surface area contributed by atoms with Crippen LogP contribution in [0, 0.1) is 6.92 Å². The van der Waals surface area contributed by atoms with E-state index in [0.29, 0.717) is 11.1 Å². The number of sulfone groups is 1. The van der Waals surface area contributed by atoms with Crippen molar-refractivity contribution in [3.05, 3.63) is 34.9 Å². The first-order valence-electron chi connectivity index (χ1n) is 5.56. The van der Waals surface area contributed by atoms with Crippen molar-refractivity contribution >= 4 is 15.7 Å². The average molecular weight is 270 g/mol. The number of hydrogen-bond acceptors (Lipinski definition) is 4. The zero-order valence-electron chi connectivity index (χ0n) is 10.5. The predicted octanol–water partition coefficient (Wildman–Crippen LogP) is 0.356. The molecule has 1 aromatic rings. The minimum atomic E-state index is -3.23. The summed E-state index contributed by atoms with van der Waals surface area (Å²) >= 11 is 0. The number of carbonyl (C=O) groups excluding carboxylic acids is 1. The van der Waals surface area contributed by atoms with Gasteiger partial charge in [0, 0.05) is 11.6 Å². The van der Waals surface area contributed by atoms with Crippen LogP contribution in [-0.2, 0) is 15.6 Å². The molecule has 0 radical (unpaired) electrons. The van der Waals surface area contributed by atoms with E-state index in [2.05, 4.69) is 0 Å². The van der Waals surface area contributed by atoms with Gasteiger partial charge in [-0.15, -0.1) is 0 Å². The number of primary amides is 1. The second-order valence-corrected chi connectivity index (χ2v) is 6.65. The van der Waals surface area contributed by atoms with E-state index in [1.165, 1.54) is 6.07 Å². The highest BCUT2D eigenvalue weighted by molar-refractivity contribution is 7.90. The largest absolute Gasteiger partial charge is 0.366 e. The van der Waals surface area contributed by atoms with Crippen LogP contribution >= 0.6 is 0 Å². The summed E-state index contributed by atoms with van der Waals surface area (Å²) in [5.41, 5.74) is 12.4. The molecule has 0 aliphatic carbocycles. The van der Waals surface area contributed by atoms with Crippen LogP contribution in [-0.4, -0.2) is 26.1 Å². The Morgan fingerprint density at radius 1 is 1.39 bits per heavy atom. The van der Waals surface area contributed by atoms with E-state index in [-0.39, 0.29) is 17.5 Å². The minimum absolute atomic E-state index is 0.0516. The third-order valence-corrected chi connectivity index (χ3v) is 4.30. The fourth-order valence-corrected chi connectivity index (χ4v) is 3.42. The smallest absolute Gasteiger partial charge is 0.248 e. The van der Waals surface area contributed by atoms with Gasteiger partial charge in [0.15, 0.2) is 9.84 Å². The summed E-state index contributed by atoms with van der Waals surface area (Å²) in [5, 5.41) is 0. The molecule has 0 saturated heterocycles. The van der Waals surface area contributed by atoms with Gasteiger partial charge in [-0.2, -0.15) is 0 Å². The minimum Gasteiger partial charge on any atom is -0.366 e. The maximum absolute atomic E-state index is 11.8. The van der Waals surface area contributed by atoms with Crippen molar-refractivity contribution in [3.63, 3.8) is 0 Å². The molecular formula is C12H18N2O3S. The molecular weight excluding hydrogens is 252 g/mol. The Labute approximate surface area is 107 Å². The van der Waals surface area contributed by atoms with Gasteiger partial charge < -0.3 is 11.5 Å². The van der Waals surface area contributed by atoms with Gasteiger partial charge in [0.1, 0.15) is 0 Å². The Hall–Kier alpha value is -1.40. The van der Waals surface area contributed by atoms with Crippen molar-refractivity contribution in [2.75, 3.05) is 5.75 Å². The van der Waals surface area contributed by atoms with Crippen LogP contribution < -0.4 is 11.5 Å². The molecule has 100 valence electrons. The first kappa shape index (κ1) is 14.7. The number of carbonyl (C=O) groups is 1. The Balaban J connectivity index is 2.96. The van der Waals surface area contributed by atoms with Crippen molar-refractivity contribution in [2.45, 2.75) is 25.6 Å². The van der Waals surface area contributed by atoms with Gasteiger partial charge in [-0.1, -0.05) is 6.07 Å². The molecule has 5 nitrogen and oxygen atoms in total. The maximum atomic E-state index is 11.8. The Morgan fingerprint density at radius 3 is 2.44 bits per heavy atom. The van der Waals surface area contributed by atoms with Gasteiger partial charge in [-0.05, 0) is 37.1 Å². The van der Waals surface area contributed by atoms with E-state index in [4.69, 9.17) is 11.5 Å². The van der Waals surface area contributed by atoms with Gasteiger partial charge in [0.25, 0.3) is 0 Å². The zero-order valence-corrected chi connectivity index (χ0v) is 11.3. The molecule has 1 atom stereocenters. The van der Waals surface area contributed by atoms with Gasteiger partial charge in [0.05, 0.1) is 11.5 Å². The molecule has 4 N–H and O–H groups in total. The van der Waals surface area contributed by atoms with Crippen LogP contribution in [0.1, 0.15) is 28.4 Å². The number of hydrogen-bond donors (Lipinski definition) is 2. The van der Waals surface area contributed by atoms with Crippen molar-refractivity contribution < 1.29 is 13.2 Å². The standard InChI is InChI=1S/C12H18N2O3S/c1-8-5-10(12(14)15)3-4-11(8)7-18(16,17)6-9(2)13/h3-5,9H,6-7,13H2,1-2H3,(H2,14,15). The molecule has 0 aliphatic rings. The van der Waals surface area contributed by atoms with E-state index >= 15 is 0 Å². The molecule has 0 aliphatic heterocycles. The van der Waals surface area contributed by atoms with E-state index in [1.54, 1.807) is 26.0 Å². The molecule has 1 aromatic carbocycles. The molecule has 1 amide bonds. The first-order chi connectivity index (χ1) is 8.21. The zero-order chi connectivity index (χ0) is 13.9. The molecule has 0 fully saturated rings. The molecule has 0 bridgehead atoms. The number of aryl methyl sites for hydroxylation is 1. The maximum Gasteiger partial charge on any atom is 0.248 e. The van der Waals surface area contributed by atoms with Crippen molar-refractivity contribution in [3.8, 4) is 0 Å². The number of benzene rings is 1. The summed E-state index contributed by atoms with van der Waals surface area (Å²) in [6.45, 7) is 3.41. The molecule has 6 heteroatoms. The summed E-state index contributed by atoms with van der Waals surface area (Å²) in [5.74, 6) is -0.647. The predicted molar refractivity (Wildman–Crippen MR) is 70.8 cm³/mol. The van der Waals surface area contributed by atoms with Crippen molar-refractivity contribution in [1.82, 2.24) is 0 Å². The van der Waals surface area contributed by atoms with Crippen LogP contribution in [0.3, 0.4) is 0 Å². The fourth-order valence-electron chi connectivity index (χ4n) is 1.71. The molecule has 0 spiro atoms. The highest BCUT2D eigenvalue weighted by Gasteiger charge is 2.16. The summed E-state index contributed by atoms with van der Waals surface area (Å²) < 4.78 is 23.6. The number of nitrogens with two attached hydrogens (primary N) is 2. The SMILES string of the molecule is Cc1cc(C(N)=O)ccc1CS(=O)(=O)CC(C)N. The lowest BCUT2D eigenvalue weighted by Gasteiger charge is -2.10. The van der Waals surface area contributed by atoms with Gasteiger partial charge >= 0.3 is 0 Å². The van der Waals surface area contributed by atoms with Crippen molar-refractivity contribution in [2.24, 2.45) is 11.5 Å². The highest BCUT2D eigenvalue weighted by Crippen LogP contribution is 2.15. The molecule has 0 heterocycles. The third kappa shape index (κ3) is 4.12. The van der Waals surface area contributed by atoms with Gasteiger partial charge in [0.2, 0.25) is 5.91 Å². The van der Waals surface area contributed by atoms with Crippen LogP contribution in [0.25, 0.3) is 0 Å². The second kappa shape index (κ2) is 5.49. The summed E-state index contributed by atoms with van der Waals surface area (Å²) in [6, 6.07) is 4.36. The molecule has 0 saturated carbocycles. The summed E-state index contributed by atoms with van der Waals surface area (Å²) in [7, 11) is -3.23. The molecule has 1 unspecified atom stereocenters. The summed E-state index contributed by atoms with van der Waals surface area (Å²) in [6.07, 6.45) is 0. The lowest BCUT2D eigenvalue weighted by molar-refractivity contribution is 0.1000. The van der Waals surface area contributed by atoms with E-state index < -0.39 is 15.7 Å². The Bertz CT molecular complexity index is 550. The molecule has 18 heavy (non-hydrogen) atoms. The Morgan fingerprint density at radius 2 is 2.00 bits per heavy atom. The third-order valence-electron chi connectivity index (χ3n) is 2.52. The lowest BCUT2D eigenvalue weighted by Crippen LogP contribution is -2.27.